The van der Waals surface area contributed by atoms with Gasteiger partial charge in [0.05, 0.1) is 12.7 Å². The lowest BCUT2D eigenvalue weighted by Crippen LogP contribution is -2.10. The highest BCUT2D eigenvalue weighted by Gasteiger charge is 2.18. The van der Waals surface area contributed by atoms with Gasteiger partial charge in [-0.15, -0.1) is 0 Å². The Labute approximate surface area is 111 Å². The minimum atomic E-state index is -0.308. The van der Waals surface area contributed by atoms with Crippen LogP contribution in [-0.4, -0.2) is 24.3 Å². The molecule has 3 nitrogen and oxygen atoms in total. The van der Waals surface area contributed by atoms with E-state index in [2.05, 4.69) is 6.58 Å². The van der Waals surface area contributed by atoms with Crippen LogP contribution in [0.1, 0.15) is 10.4 Å². The zero-order valence-corrected chi connectivity index (χ0v) is 11.1. The molecule has 94 valence electrons. The van der Waals surface area contributed by atoms with Crippen LogP contribution in [0.2, 0.25) is 0 Å². The van der Waals surface area contributed by atoms with E-state index < -0.39 is 0 Å². The van der Waals surface area contributed by atoms with Gasteiger partial charge in [-0.2, -0.15) is 0 Å². The van der Waals surface area contributed by atoms with Gasteiger partial charge in [-0.25, -0.2) is 0 Å². The zero-order valence-electron chi connectivity index (χ0n) is 10.3. The second-order valence-corrected chi connectivity index (χ2v) is 4.14. The summed E-state index contributed by atoms with van der Waals surface area (Å²) in [7, 11) is 1.55. The quantitative estimate of drug-likeness (QED) is 0.269. The van der Waals surface area contributed by atoms with Crippen molar-refractivity contribution in [3.63, 3.8) is 0 Å². The number of ether oxygens (including phenoxy) is 1. The van der Waals surface area contributed by atoms with Crippen molar-refractivity contribution in [1.29, 1.82) is 0 Å². The van der Waals surface area contributed by atoms with Gasteiger partial charge >= 0.3 is 0 Å². The molecule has 0 radical (unpaired) electrons. The van der Waals surface area contributed by atoms with Crippen LogP contribution in [-0.2, 0) is 4.79 Å². The Kier molecular flexibility index (Phi) is 5.39. The van der Waals surface area contributed by atoms with Crippen LogP contribution in [0.4, 0.5) is 0 Å². The fourth-order valence-electron chi connectivity index (χ4n) is 1.36. The van der Waals surface area contributed by atoms with E-state index in [1.165, 1.54) is 12.2 Å². The molecule has 0 aromatic heterocycles. The standard InChI is InChI=1S/C14H14O3S/c1-4-5-12(14(16)18-3)13(15)10-6-8-11(17-2)9-7-10/h4-9H,1H2,2-3H3/b12-5+. The second-order valence-electron chi connectivity index (χ2n) is 3.37. The maximum atomic E-state index is 12.1. The van der Waals surface area contributed by atoms with Gasteiger partial charge in [0.1, 0.15) is 5.75 Å². The molecular weight excluding hydrogens is 248 g/mol. The largest absolute Gasteiger partial charge is 0.497 e. The van der Waals surface area contributed by atoms with Crippen LogP contribution in [0.5, 0.6) is 5.75 Å². The van der Waals surface area contributed by atoms with Crippen LogP contribution in [0.15, 0.2) is 48.6 Å². The van der Waals surface area contributed by atoms with E-state index in [4.69, 9.17) is 4.74 Å². The lowest BCUT2D eigenvalue weighted by Gasteiger charge is -2.04. The Morgan fingerprint density at radius 3 is 2.33 bits per heavy atom. The predicted molar refractivity (Wildman–Crippen MR) is 74.1 cm³/mol. The van der Waals surface area contributed by atoms with E-state index in [-0.39, 0.29) is 16.5 Å². The van der Waals surface area contributed by atoms with Gasteiger partial charge < -0.3 is 4.74 Å². The van der Waals surface area contributed by atoms with Gasteiger partial charge in [-0.1, -0.05) is 24.4 Å². The Morgan fingerprint density at radius 2 is 1.89 bits per heavy atom. The van der Waals surface area contributed by atoms with Crippen molar-refractivity contribution in [3.8, 4) is 5.75 Å². The molecule has 0 atom stereocenters. The van der Waals surface area contributed by atoms with Crippen molar-refractivity contribution in [2.45, 2.75) is 0 Å². The predicted octanol–water partition coefficient (Wildman–Crippen LogP) is 2.88. The summed E-state index contributed by atoms with van der Waals surface area (Å²) < 4.78 is 5.01. The molecule has 0 amide bonds. The highest BCUT2D eigenvalue weighted by Crippen LogP contribution is 2.17. The first-order valence-corrected chi connectivity index (χ1v) is 6.46. The van der Waals surface area contributed by atoms with Crippen molar-refractivity contribution in [2.24, 2.45) is 0 Å². The molecule has 4 heteroatoms. The molecule has 0 unspecified atom stereocenters. The normalized spacial score (nSPS) is 10.9. The minimum absolute atomic E-state index is 0.127. The molecule has 0 aliphatic heterocycles. The molecule has 1 aromatic rings. The van der Waals surface area contributed by atoms with Crippen molar-refractivity contribution < 1.29 is 14.3 Å². The summed E-state index contributed by atoms with van der Waals surface area (Å²) in [6, 6.07) is 6.63. The van der Waals surface area contributed by atoms with Gasteiger partial charge in [0, 0.05) is 5.56 Å². The van der Waals surface area contributed by atoms with Crippen molar-refractivity contribution in [2.75, 3.05) is 13.4 Å². The summed E-state index contributed by atoms with van der Waals surface area (Å²) in [6.45, 7) is 3.51. The molecule has 0 aliphatic carbocycles. The number of hydrogen-bond acceptors (Lipinski definition) is 4. The summed E-state index contributed by atoms with van der Waals surface area (Å²) in [5, 5.41) is -0.268. The van der Waals surface area contributed by atoms with E-state index >= 15 is 0 Å². The van der Waals surface area contributed by atoms with Crippen LogP contribution in [0.3, 0.4) is 0 Å². The number of carbonyl (C=O) groups is 2. The summed E-state index contributed by atoms with van der Waals surface area (Å²) in [6.07, 6.45) is 4.51. The maximum absolute atomic E-state index is 12.1. The first-order valence-electron chi connectivity index (χ1n) is 5.23. The van der Waals surface area contributed by atoms with Crippen LogP contribution in [0.25, 0.3) is 0 Å². The van der Waals surface area contributed by atoms with Gasteiger partial charge in [-0.3, -0.25) is 9.59 Å². The Bertz CT molecular complexity index is 486. The summed E-state index contributed by atoms with van der Waals surface area (Å²) in [5.74, 6) is 0.355. The third-order valence-electron chi connectivity index (χ3n) is 2.29. The molecule has 0 saturated carbocycles. The van der Waals surface area contributed by atoms with Gasteiger partial charge in [0.15, 0.2) is 5.78 Å². The summed E-state index contributed by atoms with van der Waals surface area (Å²) in [4.78, 5) is 23.8. The molecule has 0 bridgehead atoms. The minimum Gasteiger partial charge on any atom is -0.497 e. The highest BCUT2D eigenvalue weighted by atomic mass is 32.2. The smallest absolute Gasteiger partial charge is 0.223 e. The van der Waals surface area contributed by atoms with Gasteiger partial charge in [0.2, 0.25) is 5.12 Å². The fourth-order valence-corrected chi connectivity index (χ4v) is 1.74. The van der Waals surface area contributed by atoms with Crippen LogP contribution in [0, 0.1) is 0 Å². The van der Waals surface area contributed by atoms with E-state index in [0.29, 0.717) is 11.3 Å². The molecule has 0 aliphatic rings. The van der Waals surface area contributed by atoms with Gasteiger partial charge in [-0.05, 0) is 36.6 Å². The first-order chi connectivity index (χ1) is 8.63. The highest BCUT2D eigenvalue weighted by molar-refractivity contribution is 8.13. The Balaban J connectivity index is 3.06. The third kappa shape index (κ3) is 3.34. The Hall–Kier alpha value is -1.81. The Morgan fingerprint density at radius 1 is 1.28 bits per heavy atom. The maximum Gasteiger partial charge on any atom is 0.223 e. The molecule has 0 N–H and O–H groups in total. The van der Waals surface area contributed by atoms with Crippen LogP contribution >= 0.6 is 11.8 Å². The topological polar surface area (TPSA) is 43.4 Å². The molecule has 0 saturated heterocycles. The number of rotatable bonds is 5. The second kappa shape index (κ2) is 6.81. The number of Topliss-reactive ketones (excluding diaryl/α,β-unsaturated/α-hetero) is 1. The van der Waals surface area contributed by atoms with Crippen molar-refractivity contribution in [3.05, 3.63) is 54.1 Å². The monoisotopic (exact) mass is 262 g/mol. The molecule has 0 heterocycles. The van der Waals surface area contributed by atoms with Crippen molar-refractivity contribution >= 4 is 22.7 Å². The van der Waals surface area contributed by atoms with E-state index in [0.717, 1.165) is 11.8 Å². The average molecular weight is 262 g/mol. The lowest BCUT2D eigenvalue weighted by atomic mass is 10.0. The molecule has 0 fully saturated rings. The van der Waals surface area contributed by atoms with E-state index in [1.54, 1.807) is 37.6 Å². The number of thioether (sulfide) groups is 1. The molecule has 1 rings (SSSR count). The van der Waals surface area contributed by atoms with Gasteiger partial charge in [0.25, 0.3) is 0 Å². The fraction of sp³-hybridized carbons (Fsp3) is 0.143. The third-order valence-corrected chi connectivity index (χ3v) is 2.88. The van der Waals surface area contributed by atoms with E-state index in [9.17, 15) is 9.59 Å². The van der Waals surface area contributed by atoms with E-state index in [1.807, 2.05) is 0 Å². The number of ketones is 1. The number of benzene rings is 1. The number of allylic oxidation sites excluding steroid dienone is 2. The average Bonchev–Trinajstić information content (AvgIpc) is 2.43. The molecule has 1 aromatic carbocycles. The zero-order chi connectivity index (χ0) is 13.5. The molecule has 18 heavy (non-hydrogen) atoms. The van der Waals surface area contributed by atoms with Crippen LogP contribution < -0.4 is 4.74 Å². The molecular formula is C14H14O3S. The lowest BCUT2D eigenvalue weighted by molar-refractivity contribution is -0.107. The van der Waals surface area contributed by atoms with Crippen molar-refractivity contribution in [1.82, 2.24) is 0 Å². The first kappa shape index (κ1) is 14.3. The summed E-state index contributed by atoms with van der Waals surface area (Å²) in [5.41, 5.74) is 0.578. The summed E-state index contributed by atoms with van der Waals surface area (Å²) >= 11 is 1.00. The SMILES string of the molecule is C=C/C=C(/C(=O)SC)C(=O)c1ccc(OC)cc1. The number of methoxy groups -OCH3 is 1. The number of carbonyl (C=O) groups excluding carboxylic acids is 2. The number of hydrogen-bond donors (Lipinski definition) is 0. The molecule has 0 spiro atoms.